The Bertz CT molecular complexity index is 756. The second-order valence-electron chi connectivity index (χ2n) is 4.85. The lowest BCUT2D eigenvalue weighted by Gasteiger charge is -2.04. The summed E-state index contributed by atoms with van der Waals surface area (Å²) in [4.78, 5) is 16.5. The molecule has 0 aliphatic rings. The number of nitrogens with zero attached hydrogens (tertiary/aromatic N) is 2. The second-order valence-corrected chi connectivity index (χ2v) is 4.85. The SMILES string of the molecule is Cc1ccc(C(=O)Nc2cn3ccccc3n2)cc1C. The molecule has 0 saturated carbocycles. The number of fused-ring (bicyclic) bond motifs is 1. The van der Waals surface area contributed by atoms with Crippen molar-refractivity contribution in [1.82, 2.24) is 9.38 Å². The third-order valence-corrected chi connectivity index (χ3v) is 3.37. The Morgan fingerprint density at radius 1 is 1.15 bits per heavy atom. The molecule has 1 aromatic carbocycles. The van der Waals surface area contributed by atoms with Crippen molar-refractivity contribution < 1.29 is 4.79 Å². The molecule has 4 nitrogen and oxygen atoms in total. The van der Waals surface area contributed by atoms with Crippen molar-refractivity contribution in [2.75, 3.05) is 5.32 Å². The topological polar surface area (TPSA) is 46.4 Å². The highest BCUT2D eigenvalue weighted by Crippen LogP contribution is 2.13. The van der Waals surface area contributed by atoms with Crippen molar-refractivity contribution in [3.8, 4) is 0 Å². The summed E-state index contributed by atoms with van der Waals surface area (Å²) in [7, 11) is 0. The van der Waals surface area contributed by atoms with E-state index < -0.39 is 0 Å². The monoisotopic (exact) mass is 265 g/mol. The van der Waals surface area contributed by atoms with Gasteiger partial charge >= 0.3 is 0 Å². The zero-order valence-electron chi connectivity index (χ0n) is 11.4. The number of nitrogens with one attached hydrogen (secondary N) is 1. The number of anilines is 1. The van der Waals surface area contributed by atoms with Gasteiger partial charge in [-0.05, 0) is 49.2 Å². The molecule has 0 aliphatic carbocycles. The third kappa shape index (κ3) is 2.28. The van der Waals surface area contributed by atoms with Crippen LogP contribution in [0.15, 0.2) is 48.8 Å². The van der Waals surface area contributed by atoms with Crippen LogP contribution in [0.4, 0.5) is 5.82 Å². The van der Waals surface area contributed by atoms with E-state index in [0.717, 1.165) is 11.2 Å². The summed E-state index contributed by atoms with van der Waals surface area (Å²) >= 11 is 0. The van der Waals surface area contributed by atoms with Crippen LogP contribution < -0.4 is 5.32 Å². The fourth-order valence-electron chi connectivity index (χ4n) is 2.07. The van der Waals surface area contributed by atoms with Gasteiger partial charge in [-0.25, -0.2) is 4.98 Å². The lowest BCUT2D eigenvalue weighted by atomic mass is 10.1. The Balaban J connectivity index is 1.86. The van der Waals surface area contributed by atoms with Gasteiger partial charge in [-0.15, -0.1) is 0 Å². The molecule has 1 amide bonds. The molecule has 2 heterocycles. The highest BCUT2D eigenvalue weighted by atomic mass is 16.1. The van der Waals surface area contributed by atoms with Crippen molar-refractivity contribution >= 4 is 17.4 Å². The summed E-state index contributed by atoms with van der Waals surface area (Å²) < 4.78 is 1.87. The zero-order valence-corrected chi connectivity index (χ0v) is 11.4. The van der Waals surface area contributed by atoms with Crippen LogP contribution in [0.5, 0.6) is 0 Å². The van der Waals surface area contributed by atoms with E-state index in [1.54, 1.807) is 6.20 Å². The van der Waals surface area contributed by atoms with Crippen LogP contribution in [0.2, 0.25) is 0 Å². The second kappa shape index (κ2) is 4.81. The summed E-state index contributed by atoms with van der Waals surface area (Å²) in [5.74, 6) is 0.413. The van der Waals surface area contributed by atoms with Crippen molar-refractivity contribution in [1.29, 1.82) is 0 Å². The standard InChI is InChI=1S/C16H15N3O/c1-11-6-7-13(9-12(11)2)16(20)18-14-10-19-8-4-3-5-15(19)17-14/h3-10H,1-2H3,(H,18,20). The summed E-state index contributed by atoms with van der Waals surface area (Å²) in [5.41, 5.74) is 3.73. The molecule has 1 N–H and O–H groups in total. The maximum Gasteiger partial charge on any atom is 0.256 e. The fraction of sp³-hybridized carbons (Fsp3) is 0.125. The van der Waals surface area contributed by atoms with E-state index in [-0.39, 0.29) is 5.91 Å². The van der Waals surface area contributed by atoms with Crippen LogP contribution in [0.25, 0.3) is 5.65 Å². The van der Waals surface area contributed by atoms with Gasteiger partial charge < -0.3 is 9.72 Å². The van der Waals surface area contributed by atoms with E-state index >= 15 is 0 Å². The molecule has 100 valence electrons. The van der Waals surface area contributed by atoms with Crippen molar-refractivity contribution in [3.05, 3.63) is 65.5 Å². The minimum atomic E-state index is -0.142. The first-order chi connectivity index (χ1) is 9.63. The quantitative estimate of drug-likeness (QED) is 0.773. The van der Waals surface area contributed by atoms with E-state index in [9.17, 15) is 4.79 Å². The Hall–Kier alpha value is -2.62. The molecule has 0 bridgehead atoms. The van der Waals surface area contributed by atoms with E-state index in [4.69, 9.17) is 0 Å². The maximum atomic E-state index is 12.2. The van der Waals surface area contributed by atoms with E-state index in [2.05, 4.69) is 10.3 Å². The van der Waals surface area contributed by atoms with Gasteiger partial charge in [-0.2, -0.15) is 0 Å². The van der Waals surface area contributed by atoms with Crippen LogP contribution in [-0.2, 0) is 0 Å². The molecule has 0 spiro atoms. The molecule has 3 rings (SSSR count). The predicted molar refractivity (Wildman–Crippen MR) is 79.1 cm³/mol. The Labute approximate surface area is 117 Å². The van der Waals surface area contributed by atoms with E-state index in [0.29, 0.717) is 11.4 Å². The molecular formula is C16H15N3O. The normalized spacial score (nSPS) is 10.7. The summed E-state index contributed by atoms with van der Waals surface area (Å²) in [6, 6.07) is 11.4. The molecule has 0 atom stereocenters. The number of hydrogen-bond donors (Lipinski definition) is 1. The molecule has 2 aromatic heterocycles. The summed E-state index contributed by atoms with van der Waals surface area (Å²) in [6.45, 7) is 4.02. The number of carbonyl (C=O) groups is 1. The fourth-order valence-corrected chi connectivity index (χ4v) is 2.07. The number of carbonyl (C=O) groups excluding carboxylic acids is 1. The largest absolute Gasteiger partial charge is 0.305 e. The Kier molecular flexibility index (Phi) is 2.99. The molecule has 0 saturated heterocycles. The smallest absolute Gasteiger partial charge is 0.256 e. The Morgan fingerprint density at radius 3 is 2.75 bits per heavy atom. The van der Waals surface area contributed by atoms with Gasteiger partial charge in [0.15, 0.2) is 5.82 Å². The number of benzene rings is 1. The first kappa shape index (κ1) is 12.4. The number of amides is 1. The first-order valence-corrected chi connectivity index (χ1v) is 6.46. The average Bonchev–Trinajstić information content (AvgIpc) is 2.83. The molecule has 4 heteroatoms. The average molecular weight is 265 g/mol. The van der Waals surface area contributed by atoms with Gasteiger partial charge in [-0.3, -0.25) is 4.79 Å². The number of pyridine rings is 1. The summed E-state index contributed by atoms with van der Waals surface area (Å²) in [5, 5.41) is 2.82. The summed E-state index contributed by atoms with van der Waals surface area (Å²) in [6.07, 6.45) is 3.70. The molecule has 0 radical (unpaired) electrons. The maximum absolute atomic E-state index is 12.2. The highest BCUT2D eigenvalue weighted by Gasteiger charge is 2.09. The minimum Gasteiger partial charge on any atom is -0.305 e. The molecule has 0 aliphatic heterocycles. The van der Waals surface area contributed by atoms with Crippen LogP contribution in [0.1, 0.15) is 21.5 Å². The Morgan fingerprint density at radius 2 is 2.00 bits per heavy atom. The minimum absolute atomic E-state index is 0.142. The molecular weight excluding hydrogens is 250 g/mol. The number of imidazole rings is 1. The van der Waals surface area contributed by atoms with E-state index in [1.807, 2.05) is 60.8 Å². The number of aryl methyl sites for hydroxylation is 2. The van der Waals surface area contributed by atoms with Gasteiger partial charge in [0.1, 0.15) is 5.65 Å². The molecule has 0 unspecified atom stereocenters. The van der Waals surface area contributed by atoms with Gasteiger partial charge in [-0.1, -0.05) is 12.1 Å². The van der Waals surface area contributed by atoms with Gasteiger partial charge in [0.2, 0.25) is 0 Å². The predicted octanol–water partition coefficient (Wildman–Crippen LogP) is 3.20. The highest BCUT2D eigenvalue weighted by molar-refractivity contribution is 6.04. The van der Waals surface area contributed by atoms with Crippen molar-refractivity contribution in [2.24, 2.45) is 0 Å². The number of hydrogen-bond acceptors (Lipinski definition) is 2. The van der Waals surface area contributed by atoms with E-state index in [1.165, 1.54) is 5.56 Å². The molecule has 0 fully saturated rings. The van der Waals surface area contributed by atoms with Gasteiger partial charge in [0.25, 0.3) is 5.91 Å². The lowest BCUT2D eigenvalue weighted by molar-refractivity contribution is 0.102. The molecule has 3 aromatic rings. The van der Waals surface area contributed by atoms with Crippen LogP contribution >= 0.6 is 0 Å². The van der Waals surface area contributed by atoms with Crippen LogP contribution in [0, 0.1) is 13.8 Å². The van der Waals surface area contributed by atoms with Gasteiger partial charge in [0, 0.05) is 11.8 Å². The first-order valence-electron chi connectivity index (χ1n) is 6.46. The van der Waals surface area contributed by atoms with Gasteiger partial charge in [0.05, 0.1) is 6.20 Å². The zero-order chi connectivity index (χ0) is 14.1. The van der Waals surface area contributed by atoms with Crippen molar-refractivity contribution in [3.63, 3.8) is 0 Å². The molecule has 20 heavy (non-hydrogen) atoms. The van der Waals surface area contributed by atoms with Crippen LogP contribution in [0.3, 0.4) is 0 Å². The third-order valence-electron chi connectivity index (χ3n) is 3.37. The number of rotatable bonds is 2. The van der Waals surface area contributed by atoms with Crippen molar-refractivity contribution in [2.45, 2.75) is 13.8 Å². The lowest BCUT2D eigenvalue weighted by Crippen LogP contribution is -2.12. The number of aromatic nitrogens is 2. The van der Waals surface area contributed by atoms with Crippen LogP contribution in [-0.4, -0.2) is 15.3 Å².